The molecular formula is C30H20N4. The van der Waals surface area contributed by atoms with Gasteiger partial charge in [0.1, 0.15) is 11.4 Å². The highest BCUT2D eigenvalue weighted by atomic mass is 14.9. The fraction of sp³-hybridized carbons (Fsp3) is 0. The minimum absolute atomic E-state index is 0.717. The van der Waals surface area contributed by atoms with Gasteiger partial charge in [0.15, 0.2) is 0 Å². The molecule has 34 heavy (non-hydrogen) atoms. The number of benzene rings is 3. The van der Waals surface area contributed by atoms with E-state index in [0.717, 1.165) is 44.7 Å². The molecule has 0 aliphatic carbocycles. The van der Waals surface area contributed by atoms with E-state index in [1.54, 1.807) is 12.4 Å². The smallest absolute Gasteiger partial charge is 0.117 e. The Kier molecular flexibility index (Phi) is 5.09. The maximum absolute atomic E-state index is 5.22. The summed E-state index contributed by atoms with van der Waals surface area (Å²) in [6.07, 6.45) is 3.56. The van der Waals surface area contributed by atoms with E-state index >= 15 is 0 Å². The number of hydrogen-bond acceptors (Lipinski definition) is 4. The van der Waals surface area contributed by atoms with Crippen molar-refractivity contribution in [2.75, 3.05) is 0 Å². The Bertz CT molecular complexity index is 1450. The van der Waals surface area contributed by atoms with Crippen LogP contribution < -0.4 is 0 Å². The fourth-order valence-corrected chi connectivity index (χ4v) is 4.20. The number of fused-ring (bicyclic) bond motifs is 1. The van der Waals surface area contributed by atoms with Crippen LogP contribution in [-0.4, -0.2) is 19.9 Å². The molecule has 4 nitrogen and oxygen atoms in total. The van der Waals surface area contributed by atoms with Gasteiger partial charge in [-0.05, 0) is 35.4 Å². The monoisotopic (exact) mass is 436 g/mol. The Morgan fingerprint density at radius 1 is 0.382 bits per heavy atom. The summed E-state index contributed by atoms with van der Waals surface area (Å²) >= 11 is 0. The minimum atomic E-state index is 0.717. The molecule has 0 fully saturated rings. The summed E-state index contributed by atoms with van der Waals surface area (Å²) in [7, 11) is 0. The Balaban J connectivity index is 1.73. The third-order valence-corrected chi connectivity index (χ3v) is 5.81. The molecule has 4 heteroatoms. The van der Waals surface area contributed by atoms with Gasteiger partial charge in [-0.25, -0.2) is 9.97 Å². The van der Waals surface area contributed by atoms with Crippen molar-refractivity contribution >= 4 is 11.0 Å². The second kappa shape index (κ2) is 8.68. The zero-order valence-electron chi connectivity index (χ0n) is 18.3. The van der Waals surface area contributed by atoms with Crippen molar-refractivity contribution in [2.45, 2.75) is 0 Å². The fourth-order valence-electron chi connectivity index (χ4n) is 4.20. The first-order chi connectivity index (χ1) is 16.9. The van der Waals surface area contributed by atoms with E-state index in [1.807, 2.05) is 72.8 Å². The highest BCUT2D eigenvalue weighted by Gasteiger charge is 2.19. The van der Waals surface area contributed by atoms with Crippen LogP contribution in [-0.2, 0) is 0 Å². The molecule has 0 unspecified atom stereocenters. The Morgan fingerprint density at radius 3 is 1.18 bits per heavy atom. The highest BCUT2D eigenvalue weighted by molar-refractivity contribution is 6.02. The van der Waals surface area contributed by atoms with E-state index in [9.17, 15) is 0 Å². The summed E-state index contributed by atoms with van der Waals surface area (Å²) in [5.74, 6) is 0. The van der Waals surface area contributed by atoms with Crippen molar-refractivity contribution < 1.29 is 0 Å². The van der Waals surface area contributed by atoms with Gasteiger partial charge < -0.3 is 0 Å². The standard InChI is InChI=1S/C30H20N4/c1-3-11-21(12-4-1)23-17-18-24(22-13-5-2-6-14-22)28-27(23)33-29(25-15-7-9-19-31-25)30(34-28)26-16-8-10-20-32-26/h1-20H. The van der Waals surface area contributed by atoms with Crippen LogP contribution in [0.1, 0.15) is 0 Å². The van der Waals surface area contributed by atoms with Gasteiger partial charge in [-0.1, -0.05) is 84.9 Å². The maximum Gasteiger partial charge on any atom is 0.117 e. The van der Waals surface area contributed by atoms with Crippen molar-refractivity contribution in [2.24, 2.45) is 0 Å². The van der Waals surface area contributed by atoms with Crippen LogP contribution in [0.15, 0.2) is 122 Å². The van der Waals surface area contributed by atoms with E-state index in [0.29, 0.717) is 11.4 Å². The second-order valence-corrected chi connectivity index (χ2v) is 7.94. The molecule has 0 aliphatic heterocycles. The normalized spacial score (nSPS) is 10.9. The number of nitrogens with zero attached hydrogens (tertiary/aromatic N) is 4. The molecule has 6 aromatic rings. The van der Waals surface area contributed by atoms with Crippen LogP contribution in [0.25, 0.3) is 56.1 Å². The molecule has 0 radical (unpaired) electrons. The van der Waals surface area contributed by atoms with E-state index in [4.69, 9.17) is 9.97 Å². The van der Waals surface area contributed by atoms with Crippen molar-refractivity contribution in [3.05, 3.63) is 122 Å². The maximum atomic E-state index is 5.22. The van der Waals surface area contributed by atoms with Gasteiger partial charge in [0.05, 0.1) is 22.4 Å². The van der Waals surface area contributed by atoms with E-state index in [2.05, 4.69) is 46.4 Å². The number of rotatable bonds is 4. The predicted octanol–water partition coefficient (Wildman–Crippen LogP) is 7.09. The van der Waals surface area contributed by atoms with Crippen LogP contribution in [0.4, 0.5) is 0 Å². The molecule has 0 spiro atoms. The quantitative estimate of drug-likeness (QED) is 0.296. The average molecular weight is 437 g/mol. The molecule has 6 rings (SSSR count). The van der Waals surface area contributed by atoms with Crippen LogP contribution in [0.5, 0.6) is 0 Å². The first-order valence-corrected chi connectivity index (χ1v) is 11.2. The molecule has 3 aromatic carbocycles. The Labute approximate surface area is 197 Å². The zero-order valence-corrected chi connectivity index (χ0v) is 18.3. The summed E-state index contributed by atoms with van der Waals surface area (Å²) in [6.45, 7) is 0. The van der Waals surface area contributed by atoms with Gasteiger partial charge in [-0.3, -0.25) is 9.97 Å². The van der Waals surface area contributed by atoms with Gasteiger partial charge >= 0.3 is 0 Å². The summed E-state index contributed by atoms with van der Waals surface area (Å²) < 4.78 is 0. The summed E-state index contributed by atoms with van der Waals surface area (Å²) in [4.78, 5) is 19.6. The first-order valence-electron chi connectivity index (χ1n) is 11.2. The molecular weight excluding hydrogens is 416 g/mol. The lowest BCUT2D eigenvalue weighted by molar-refractivity contribution is 1.21. The van der Waals surface area contributed by atoms with Crippen molar-refractivity contribution in [1.29, 1.82) is 0 Å². The van der Waals surface area contributed by atoms with E-state index in [1.165, 1.54) is 0 Å². The van der Waals surface area contributed by atoms with Crippen molar-refractivity contribution in [3.8, 4) is 45.0 Å². The minimum Gasteiger partial charge on any atom is -0.255 e. The molecule has 0 N–H and O–H groups in total. The Hall–Kier alpha value is -4.70. The molecule has 3 aromatic heterocycles. The van der Waals surface area contributed by atoms with Gasteiger partial charge in [0.2, 0.25) is 0 Å². The molecule has 0 saturated carbocycles. The number of aromatic nitrogens is 4. The van der Waals surface area contributed by atoms with E-state index < -0.39 is 0 Å². The molecule has 0 saturated heterocycles. The molecule has 0 bridgehead atoms. The topological polar surface area (TPSA) is 51.6 Å². The van der Waals surface area contributed by atoms with Gasteiger partial charge in [0, 0.05) is 23.5 Å². The van der Waals surface area contributed by atoms with Crippen molar-refractivity contribution in [3.63, 3.8) is 0 Å². The summed E-state index contributed by atoms with van der Waals surface area (Å²) in [5.41, 5.74) is 8.91. The van der Waals surface area contributed by atoms with Crippen LogP contribution in [0.2, 0.25) is 0 Å². The second-order valence-electron chi connectivity index (χ2n) is 7.94. The summed E-state index contributed by atoms with van der Waals surface area (Å²) in [6, 6.07) is 36.6. The highest BCUT2D eigenvalue weighted by Crippen LogP contribution is 2.37. The molecule has 0 amide bonds. The van der Waals surface area contributed by atoms with Gasteiger partial charge in [-0.2, -0.15) is 0 Å². The van der Waals surface area contributed by atoms with E-state index in [-0.39, 0.29) is 0 Å². The first kappa shape index (κ1) is 19.9. The zero-order chi connectivity index (χ0) is 22.7. The average Bonchev–Trinajstić information content (AvgIpc) is 2.93. The lowest BCUT2D eigenvalue weighted by Gasteiger charge is -2.15. The SMILES string of the molecule is c1ccc(-c2ccc(-c3ccccc3)c3nc(-c4ccccn4)c(-c4ccccn4)nc23)cc1. The predicted molar refractivity (Wildman–Crippen MR) is 137 cm³/mol. The Morgan fingerprint density at radius 2 is 0.794 bits per heavy atom. The molecule has 0 aliphatic rings. The third-order valence-electron chi connectivity index (χ3n) is 5.81. The lowest BCUT2D eigenvalue weighted by atomic mass is 9.96. The largest absolute Gasteiger partial charge is 0.255 e. The van der Waals surface area contributed by atoms with Crippen LogP contribution in [0.3, 0.4) is 0 Å². The lowest BCUT2D eigenvalue weighted by Crippen LogP contribution is -2.00. The molecule has 0 atom stereocenters. The molecule has 160 valence electrons. The number of pyridine rings is 2. The summed E-state index contributed by atoms with van der Waals surface area (Å²) in [5, 5.41) is 0. The van der Waals surface area contributed by atoms with Crippen LogP contribution in [0, 0.1) is 0 Å². The van der Waals surface area contributed by atoms with Gasteiger partial charge in [0.25, 0.3) is 0 Å². The number of hydrogen-bond donors (Lipinski definition) is 0. The van der Waals surface area contributed by atoms with Crippen molar-refractivity contribution in [1.82, 2.24) is 19.9 Å². The van der Waals surface area contributed by atoms with Gasteiger partial charge in [-0.15, -0.1) is 0 Å². The molecule has 3 heterocycles. The van der Waals surface area contributed by atoms with Crippen LogP contribution >= 0.6 is 0 Å². The third kappa shape index (κ3) is 3.61.